The fourth-order valence-electron chi connectivity index (χ4n) is 2.26. The van der Waals surface area contributed by atoms with E-state index in [-0.39, 0.29) is 18.6 Å². The summed E-state index contributed by atoms with van der Waals surface area (Å²) < 4.78 is 28.0. The highest BCUT2D eigenvalue weighted by atomic mass is 19.3. The van der Waals surface area contributed by atoms with Crippen molar-refractivity contribution in [3.05, 3.63) is 0 Å². The molecular weight excluding hydrogens is 210 g/mol. The number of hydrogen-bond acceptors (Lipinski definition) is 2. The SMILES string of the molecule is CC(C)N1CCC(N(C)C(C)C)C(F)(F)C1. The van der Waals surface area contributed by atoms with E-state index in [2.05, 4.69) is 0 Å². The van der Waals surface area contributed by atoms with Gasteiger partial charge in [-0.15, -0.1) is 0 Å². The molecule has 1 aliphatic rings. The number of halogens is 2. The molecule has 1 unspecified atom stereocenters. The highest BCUT2D eigenvalue weighted by Crippen LogP contribution is 2.32. The molecule has 1 heterocycles. The van der Waals surface area contributed by atoms with Crippen molar-refractivity contribution in [2.24, 2.45) is 0 Å². The van der Waals surface area contributed by atoms with Gasteiger partial charge in [-0.1, -0.05) is 0 Å². The fourth-order valence-corrected chi connectivity index (χ4v) is 2.26. The second-order valence-corrected chi connectivity index (χ2v) is 5.39. The standard InChI is InChI=1S/C12H24F2N2/c1-9(2)15(5)11-6-7-16(10(3)4)8-12(11,13)14/h9-11H,6-8H2,1-5H3. The Labute approximate surface area is 97.6 Å². The first-order valence-corrected chi connectivity index (χ1v) is 6.09. The van der Waals surface area contributed by atoms with Crippen LogP contribution in [0.3, 0.4) is 0 Å². The van der Waals surface area contributed by atoms with E-state index >= 15 is 0 Å². The third-order valence-corrected chi connectivity index (χ3v) is 3.63. The number of piperidine rings is 1. The van der Waals surface area contributed by atoms with Crippen molar-refractivity contribution in [1.29, 1.82) is 0 Å². The molecule has 0 N–H and O–H groups in total. The molecule has 0 radical (unpaired) electrons. The Kier molecular flexibility index (Phi) is 4.29. The Morgan fingerprint density at radius 2 is 1.81 bits per heavy atom. The molecule has 96 valence electrons. The lowest BCUT2D eigenvalue weighted by atomic mass is 9.97. The monoisotopic (exact) mass is 234 g/mol. The Morgan fingerprint density at radius 1 is 1.25 bits per heavy atom. The molecule has 0 aromatic rings. The molecule has 1 fully saturated rings. The summed E-state index contributed by atoms with van der Waals surface area (Å²) in [5.74, 6) is -2.60. The van der Waals surface area contributed by atoms with Gasteiger partial charge in [0.2, 0.25) is 0 Å². The van der Waals surface area contributed by atoms with Gasteiger partial charge in [0.15, 0.2) is 0 Å². The largest absolute Gasteiger partial charge is 0.295 e. The lowest BCUT2D eigenvalue weighted by molar-refractivity contribution is -0.132. The van der Waals surface area contributed by atoms with Gasteiger partial charge >= 0.3 is 0 Å². The highest BCUT2D eigenvalue weighted by Gasteiger charge is 2.47. The van der Waals surface area contributed by atoms with Gasteiger partial charge in [0.05, 0.1) is 12.6 Å². The van der Waals surface area contributed by atoms with Gasteiger partial charge in [-0.3, -0.25) is 9.80 Å². The lowest BCUT2D eigenvalue weighted by Crippen LogP contribution is -2.59. The molecule has 0 bridgehead atoms. The molecule has 1 rings (SSSR count). The second kappa shape index (κ2) is 4.96. The van der Waals surface area contributed by atoms with E-state index in [0.29, 0.717) is 6.42 Å². The lowest BCUT2D eigenvalue weighted by Gasteiger charge is -2.44. The van der Waals surface area contributed by atoms with Gasteiger partial charge in [-0.25, -0.2) is 8.78 Å². The molecule has 2 nitrogen and oxygen atoms in total. The Bertz CT molecular complexity index is 229. The van der Waals surface area contributed by atoms with E-state index in [9.17, 15) is 8.78 Å². The maximum atomic E-state index is 14.0. The molecule has 0 saturated carbocycles. The van der Waals surface area contributed by atoms with Crippen LogP contribution >= 0.6 is 0 Å². The summed E-state index contributed by atoms with van der Waals surface area (Å²) in [5, 5.41) is 0. The Balaban J connectivity index is 2.70. The van der Waals surface area contributed by atoms with Crippen LogP contribution < -0.4 is 0 Å². The summed E-state index contributed by atoms with van der Waals surface area (Å²) in [7, 11) is 1.80. The van der Waals surface area contributed by atoms with Gasteiger partial charge in [0, 0.05) is 18.6 Å². The zero-order valence-corrected chi connectivity index (χ0v) is 11.0. The first-order valence-electron chi connectivity index (χ1n) is 6.09. The molecule has 0 spiro atoms. The quantitative estimate of drug-likeness (QED) is 0.740. The zero-order valence-electron chi connectivity index (χ0n) is 11.0. The number of likely N-dealkylation sites (tertiary alicyclic amines) is 1. The molecule has 1 atom stereocenters. The van der Waals surface area contributed by atoms with E-state index in [0.717, 1.165) is 6.54 Å². The van der Waals surface area contributed by atoms with Crippen LogP contribution in [0.1, 0.15) is 34.1 Å². The summed E-state index contributed by atoms with van der Waals surface area (Å²) in [6.07, 6.45) is 0.555. The first-order chi connectivity index (χ1) is 7.25. The molecule has 16 heavy (non-hydrogen) atoms. The Hall–Kier alpha value is -0.220. The summed E-state index contributed by atoms with van der Waals surface area (Å²) >= 11 is 0. The maximum Gasteiger partial charge on any atom is 0.275 e. The predicted molar refractivity (Wildman–Crippen MR) is 63.0 cm³/mol. The van der Waals surface area contributed by atoms with Crippen LogP contribution in [0.4, 0.5) is 8.78 Å². The molecule has 4 heteroatoms. The van der Waals surface area contributed by atoms with Crippen LogP contribution in [0.5, 0.6) is 0 Å². The number of alkyl halides is 2. The summed E-state index contributed by atoms with van der Waals surface area (Å²) in [5.41, 5.74) is 0. The van der Waals surface area contributed by atoms with Crippen molar-refractivity contribution in [1.82, 2.24) is 9.80 Å². The fraction of sp³-hybridized carbons (Fsp3) is 1.00. The maximum absolute atomic E-state index is 14.0. The van der Waals surface area contributed by atoms with Crippen LogP contribution in [-0.2, 0) is 0 Å². The smallest absolute Gasteiger partial charge is 0.275 e. The van der Waals surface area contributed by atoms with Crippen molar-refractivity contribution in [2.45, 2.75) is 58.2 Å². The van der Waals surface area contributed by atoms with Crippen LogP contribution in [-0.4, -0.2) is 54.0 Å². The van der Waals surface area contributed by atoms with Crippen molar-refractivity contribution in [2.75, 3.05) is 20.1 Å². The van der Waals surface area contributed by atoms with E-state index in [4.69, 9.17) is 0 Å². The van der Waals surface area contributed by atoms with Gasteiger partial charge in [-0.2, -0.15) is 0 Å². The predicted octanol–water partition coefficient (Wildman–Crippen LogP) is 2.44. The number of nitrogens with zero attached hydrogens (tertiary/aromatic N) is 2. The summed E-state index contributed by atoms with van der Waals surface area (Å²) in [6, 6.07) is -0.236. The average molecular weight is 234 g/mol. The Morgan fingerprint density at radius 3 is 2.19 bits per heavy atom. The first kappa shape index (κ1) is 13.8. The minimum absolute atomic E-state index is 0.105. The molecule has 0 amide bonds. The molecule has 0 aromatic heterocycles. The van der Waals surface area contributed by atoms with Crippen LogP contribution in [0.2, 0.25) is 0 Å². The van der Waals surface area contributed by atoms with Crippen LogP contribution in [0, 0.1) is 0 Å². The van der Waals surface area contributed by atoms with E-state index in [1.54, 1.807) is 11.9 Å². The summed E-state index contributed by atoms with van der Waals surface area (Å²) in [4.78, 5) is 3.67. The van der Waals surface area contributed by atoms with Gasteiger partial charge < -0.3 is 0 Å². The van der Waals surface area contributed by atoms with Gasteiger partial charge in [0.1, 0.15) is 0 Å². The van der Waals surface area contributed by atoms with E-state index in [1.807, 2.05) is 32.6 Å². The number of hydrogen-bond donors (Lipinski definition) is 0. The summed E-state index contributed by atoms with van der Waals surface area (Å²) in [6.45, 7) is 8.54. The van der Waals surface area contributed by atoms with Crippen molar-refractivity contribution < 1.29 is 8.78 Å². The minimum Gasteiger partial charge on any atom is -0.295 e. The van der Waals surface area contributed by atoms with Gasteiger partial charge in [0.25, 0.3) is 5.92 Å². The van der Waals surface area contributed by atoms with Crippen LogP contribution in [0.25, 0.3) is 0 Å². The molecule has 0 aliphatic carbocycles. The molecule has 0 aromatic carbocycles. The highest BCUT2D eigenvalue weighted by molar-refractivity contribution is 4.93. The molecule has 1 saturated heterocycles. The van der Waals surface area contributed by atoms with Gasteiger partial charge in [-0.05, 0) is 41.2 Å². The van der Waals surface area contributed by atoms with Crippen LogP contribution in [0.15, 0.2) is 0 Å². The van der Waals surface area contributed by atoms with Crippen molar-refractivity contribution in [3.63, 3.8) is 0 Å². The van der Waals surface area contributed by atoms with E-state index < -0.39 is 12.0 Å². The van der Waals surface area contributed by atoms with Crippen molar-refractivity contribution >= 4 is 0 Å². The normalized spacial score (nSPS) is 27.0. The minimum atomic E-state index is -2.60. The topological polar surface area (TPSA) is 6.48 Å². The van der Waals surface area contributed by atoms with E-state index in [1.165, 1.54) is 0 Å². The molecule has 1 aliphatic heterocycles. The zero-order chi connectivity index (χ0) is 12.5. The third-order valence-electron chi connectivity index (χ3n) is 3.63. The average Bonchev–Trinajstić information content (AvgIpc) is 2.14. The third kappa shape index (κ3) is 2.92. The van der Waals surface area contributed by atoms with Crippen molar-refractivity contribution in [3.8, 4) is 0 Å². The molecular formula is C12H24F2N2. The number of rotatable bonds is 3. The second-order valence-electron chi connectivity index (χ2n) is 5.39.